The Balaban J connectivity index is 2.44. The minimum atomic E-state index is -0.161. The van der Waals surface area contributed by atoms with Crippen LogP contribution in [-0.2, 0) is 15.1 Å². The summed E-state index contributed by atoms with van der Waals surface area (Å²) in [6, 6.07) is 4.09. The zero-order valence-electron chi connectivity index (χ0n) is 11.6. The maximum absolute atomic E-state index is 11.0. The van der Waals surface area contributed by atoms with Gasteiger partial charge in [-0.05, 0) is 45.4 Å². The molecule has 0 spiro atoms. The number of nitrogens with one attached hydrogen (secondary N) is 1. The fourth-order valence-corrected chi connectivity index (χ4v) is 1.68. The molecule has 0 aromatic carbocycles. The molecule has 0 saturated heterocycles. The van der Waals surface area contributed by atoms with Gasteiger partial charge in [-0.25, -0.2) is 0 Å². The second kappa shape index (κ2) is 6.50. The quantitative estimate of drug-likeness (QED) is 0.621. The summed E-state index contributed by atoms with van der Waals surface area (Å²) >= 11 is 0. The van der Waals surface area contributed by atoms with Gasteiger partial charge < -0.3 is 10.1 Å². The van der Waals surface area contributed by atoms with E-state index in [1.54, 1.807) is 0 Å². The van der Waals surface area contributed by atoms with Crippen molar-refractivity contribution in [3.05, 3.63) is 29.6 Å². The SMILES string of the molecule is COC(=O)CCCNC(C)(C)c1ccc(C)nc1. The third kappa shape index (κ3) is 4.45. The highest BCUT2D eigenvalue weighted by Gasteiger charge is 2.19. The van der Waals surface area contributed by atoms with Crippen LogP contribution in [0.3, 0.4) is 0 Å². The van der Waals surface area contributed by atoms with Gasteiger partial charge in [0.05, 0.1) is 7.11 Å². The molecule has 0 aliphatic carbocycles. The highest BCUT2D eigenvalue weighted by molar-refractivity contribution is 5.69. The highest BCUT2D eigenvalue weighted by Crippen LogP contribution is 2.19. The first-order valence-electron chi connectivity index (χ1n) is 6.20. The minimum Gasteiger partial charge on any atom is -0.469 e. The summed E-state index contributed by atoms with van der Waals surface area (Å²) in [5.41, 5.74) is 2.02. The van der Waals surface area contributed by atoms with Crippen LogP contribution >= 0.6 is 0 Å². The van der Waals surface area contributed by atoms with Crippen molar-refractivity contribution in [2.75, 3.05) is 13.7 Å². The lowest BCUT2D eigenvalue weighted by atomic mass is 9.95. The van der Waals surface area contributed by atoms with Crippen LogP contribution in [0.2, 0.25) is 0 Å². The zero-order chi connectivity index (χ0) is 13.6. The fraction of sp³-hybridized carbons (Fsp3) is 0.571. The van der Waals surface area contributed by atoms with Crippen LogP contribution in [0.25, 0.3) is 0 Å². The van der Waals surface area contributed by atoms with Gasteiger partial charge in [0.1, 0.15) is 0 Å². The molecule has 4 heteroatoms. The molecule has 0 amide bonds. The Morgan fingerprint density at radius 1 is 1.44 bits per heavy atom. The predicted octanol–water partition coefficient (Wildman–Crippen LogP) is 2.17. The van der Waals surface area contributed by atoms with Crippen LogP contribution < -0.4 is 5.32 Å². The second-order valence-corrected chi connectivity index (χ2v) is 4.92. The van der Waals surface area contributed by atoms with Gasteiger partial charge in [0.2, 0.25) is 0 Å². The zero-order valence-corrected chi connectivity index (χ0v) is 11.6. The van der Waals surface area contributed by atoms with E-state index in [0.717, 1.165) is 24.2 Å². The normalized spacial score (nSPS) is 11.3. The Morgan fingerprint density at radius 3 is 2.72 bits per heavy atom. The van der Waals surface area contributed by atoms with Crippen molar-refractivity contribution in [3.63, 3.8) is 0 Å². The molecule has 0 unspecified atom stereocenters. The lowest BCUT2D eigenvalue weighted by Gasteiger charge is -2.26. The third-order valence-corrected chi connectivity index (χ3v) is 2.99. The molecule has 0 saturated carbocycles. The molecule has 1 aromatic heterocycles. The van der Waals surface area contributed by atoms with Gasteiger partial charge in [0.15, 0.2) is 0 Å². The van der Waals surface area contributed by atoms with Crippen molar-refractivity contribution in [3.8, 4) is 0 Å². The van der Waals surface area contributed by atoms with Crippen molar-refractivity contribution < 1.29 is 9.53 Å². The Kier molecular flexibility index (Phi) is 5.28. The maximum Gasteiger partial charge on any atom is 0.305 e. The van der Waals surface area contributed by atoms with Gasteiger partial charge >= 0.3 is 5.97 Å². The first-order chi connectivity index (χ1) is 8.45. The Hall–Kier alpha value is -1.42. The molecule has 18 heavy (non-hydrogen) atoms. The number of ether oxygens (including phenoxy) is 1. The molecule has 100 valence electrons. The second-order valence-electron chi connectivity index (χ2n) is 4.92. The van der Waals surface area contributed by atoms with E-state index in [-0.39, 0.29) is 11.5 Å². The molecule has 4 nitrogen and oxygen atoms in total. The number of hydrogen-bond acceptors (Lipinski definition) is 4. The number of esters is 1. The molecule has 1 heterocycles. The molecule has 0 bridgehead atoms. The number of carbonyl (C=O) groups is 1. The van der Waals surface area contributed by atoms with Gasteiger partial charge in [0.25, 0.3) is 0 Å². The number of pyridine rings is 1. The summed E-state index contributed by atoms with van der Waals surface area (Å²) in [4.78, 5) is 15.3. The predicted molar refractivity (Wildman–Crippen MR) is 71.3 cm³/mol. The molecule has 0 radical (unpaired) electrons. The monoisotopic (exact) mass is 250 g/mol. The molecule has 1 N–H and O–H groups in total. The van der Waals surface area contributed by atoms with Gasteiger partial charge in [-0.1, -0.05) is 6.07 Å². The first-order valence-corrected chi connectivity index (χ1v) is 6.20. The van der Waals surface area contributed by atoms with Crippen LogP contribution in [0.1, 0.15) is 37.9 Å². The number of carbonyl (C=O) groups excluding carboxylic acids is 1. The molecule has 0 fully saturated rings. The van der Waals surface area contributed by atoms with Crippen LogP contribution in [0, 0.1) is 6.92 Å². The van der Waals surface area contributed by atoms with E-state index in [2.05, 4.69) is 35.0 Å². The Bertz CT molecular complexity index is 385. The van der Waals surface area contributed by atoms with E-state index >= 15 is 0 Å². The molecular weight excluding hydrogens is 228 g/mol. The van der Waals surface area contributed by atoms with Crippen molar-refractivity contribution in [1.82, 2.24) is 10.3 Å². The van der Waals surface area contributed by atoms with E-state index in [9.17, 15) is 4.79 Å². The lowest BCUT2D eigenvalue weighted by Crippen LogP contribution is -2.37. The van der Waals surface area contributed by atoms with Gasteiger partial charge in [-0.2, -0.15) is 0 Å². The lowest BCUT2D eigenvalue weighted by molar-refractivity contribution is -0.140. The number of aromatic nitrogens is 1. The average molecular weight is 250 g/mol. The summed E-state index contributed by atoms with van der Waals surface area (Å²) in [5.74, 6) is -0.161. The Morgan fingerprint density at radius 2 is 2.17 bits per heavy atom. The van der Waals surface area contributed by atoms with E-state index in [1.807, 2.05) is 19.2 Å². The number of aryl methyl sites for hydroxylation is 1. The molecule has 0 aliphatic rings. The maximum atomic E-state index is 11.0. The summed E-state index contributed by atoms with van der Waals surface area (Å²) < 4.78 is 4.60. The topological polar surface area (TPSA) is 51.2 Å². The molecule has 1 aromatic rings. The standard InChI is InChI=1S/C14H22N2O2/c1-11-7-8-12(10-15-11)14(2,3)16-9-5-6-13(17)18-4/h7-8,10,16H,5-6,9H2,1-4H3. The summed E-state index contributed by atoms with van der Waals surface area (Å²) in [6.07, 6.45) is 3.11. The molecule has 0 atom stereocenters. The number of methoxy groups -OCH3 is 1. The van der Waals surface area contributed by atoms with Gasteiger partial charge in [-0.15, -0.1) is 0 Å². The van der Waals surface area contributed by atoms with Crippen LogP contribution in [0.5, 0.6) is 0 Å². The van der Waals surface area contributed by atoms with Gasteiger partial charge in [0, 0.05) is 23.9 Å². The molecule has 0 aliphatic heterocycles. The smallest absolute Gasteiger partial charge is 0.305 e. The van der Waals surface area contributed by atoms with E-state index in [0.29, 0.717) is 6.42 Å². The number of hydrogen-bond donors (Lipinski definition) is 1. The molecular formula is C14H22N2O2. The van der Waals surface area contributed by atoms with E-state index in [4.69, 9.17) is 0 Å². The minimum absolute atomic E-state index is 0.142. The van der Waals surface area contributed by atoms with Crippen LogP contribution in [-0.4, -0.2) is 24.6 Å². The fourth-order valence-electron chi connectivity index (χ4n) is 1.68. The largest absolute Gasteiger partial charge is 0.469 e. The highest BCUT2D eigenvalue weighted by atomic mass is 16.5. The number of rotatable bonds is 6. The summed E-state index contributed by atoms with van der Waals surface area (Å²) in [7, 11) is 1.41. The Labute approximate surface area is 109 Å². The summed E-state index contributed by atoms with van der Waals surface area (Å²) in [5, 5.41) is 3.43. The van der Waals surface area contributed by atoms with Crippen molar-refractivity contribution in [1.29, 1.82) is 0 Å². The van der Waals surface area contributed by atoms with Crippen LogP contribution in [0.4, 0.5) is 0 Å². The van der Waals surface area contributed by atoms with E-state index < -0.39 is 0 Å². The molecule has 1 rings (SSSR count). The third-order valence-electron chi connectivity index (χ3n) is 2.99. The van der Waals surface area contributed by atoms with Crippen LogP contribution in [0.15, 0.2) is 18.3 Å². The number of nitrogens with zero attached hydrogens (tertiary/aromatic N) is 1. The average Bonchev–Trinajstić information content (AvgIpc) is 2.35. The van der Waals surface area contributed by atoms with Crippen molar-refractivity contribution in [2.45, 2.75) is 39.2 Å². The van der Waals surface area contributed by atoms with Crippen molar-refractivity contribution in [2.24, 2.45) is 0 Å². The van der Waals surface area contributed by atoms with Gasteiger partial charge in [-0.3, -0.25) is 9.78 Å². The first kappa shape index (κ1) is 14.6. The van der Waals surface area contributed by atoms with Crippen molar-refractivity contribution >= 4 is 5.97 Å². The van der Waals surface area contributed by atoms with E-state index in [1.165, 1.54) is 7.11 Å². The summed E-state index contributed by atoms with van der Waals surface area (Å²) in [6.45, 7) is 6.96.